The summed E-state index contributed by atoms with van der Waals surface area (Å²) in [5.74, 6) is 2.72. The third-order valence-corrected chi connectivity index (χ3v) is 4.37. The lowest BCUT2D eigenvalue weighted by Gasteiger charge is -2.09. The highest BCUT2D eigenvalue weighted by atomic mass is 32.2. The number of hydrogen-bond acceptors (Lipinski definition) is 4. The zero-order chi connectivity index (χ0) is 11.8. The molecule has 92 valence electrons. The Labute approximate surface area is 107 Å². The van der Waals surface area contributed by atoms with Crippen LogP contribution in [0.15, 0.2) is 0 Å². The zero-order valence-corrected chi connectivity index (χ0v) is 11.3. The second-order valence-electron chi connectivity index (χ2n) is 5.19. The summed E-state index contributed by atoms with van der Waals surface area (Å²) >= 11 is 1.93. The van der Waals surface area contributed by atoms with Gasteiger partial charge in [-0.15, -0.1) is 0 Å². The molecule has 1 aliphatic carbocycles. The lowest BCUT2D eigenvalue weighted by molar-refractivity contribution is 0.755. The monoisotopic (exact) mass is 249 g/mol. The Balaban J connectivity index is 1.87. The fourth-order valence-electron chi connectivity index (χ4n) is 2.25. The Morgan fingerprint density at radius 1 is 1.29 bits per heavy atom. The van der Waals surface area contributed by atoms with E-state index in [0.717, 1.165) is 30.6 Å². The first-order chi connectivity index (χ1) is 8.24. The van der Waals surface area contributed by atoms with Crippen LogP contribution >= 0.6 is 11.8 Å². The maximum Gasteiger partial charge on any atom is 0.138 e. The molecule has 3 rings (SSSR count). The van der Waals surface area contributed by atoms with Gasteiger partial charge in [0.25, 0.3) is 0 Å². The smallest absolute Gasteiger partial charge is 0.138 e. The molecule has 0 radical (unpaired) electrons. The standard InChI is InChI=1S/C13H19N3S/c1-8(2)17-7-12-15-11-6-14-5-10(11)13(16-12)9-3-4-9/h8-9,14H,3-7H2,1-2H3. The molecule has 0 saturated heterocycles. The highest BCUT2D eigenvalue weighted by Crippen LogP contribution is 2.42. The van der Waals surface area contributed by atoms with Crippen molar-refractivity contribution < 1.29 is 0 Å². The summed E-state index contributed by atoms with van der Waals surface area (Å²) in [6, 6.07) is 0. The molecule has 0 atom stereocenters. The average molecular weight is 249 g/mol. The molecule has 17 heavy (non-hydrogen) atoms. The van der Waals surface area contributed by atoms with Gasteiger partial charge >= 0.3 is 0 Å². The lowest BCUT2D eigenvalue weighted by Crippen LogP contribution is -2.05. The van der Waals surface area contributed by atoms with Crippen LogP contribution < -0.4 is 5.32 Å². The van der Waals surface area contributed by atoms with Crippen molar-refractivity contribution >= 4 is 11.8 Å². The fraction of sp³-hybridized carbons (Fsp3) is 0.692. The van der Waals surface area contributed by atoms with Gasteiger partial charge in [0.05, 0.1) is 17.1 Å². The van der Waals surface area contributed by atoms with Gasteiger partial charge < -0.3 is 5.32 Å². The molecule has 0 unspecified atom stereocenters. The molecule has 1 aliphatic heterocycles. The molecule has 0 bridgehead atoms. The number of aromatic nitrogens is 2. The van der Waals surface area contributed by atoms with Gasteiger partial charge in [0, 0.05) is 24.6 Å². The second kappa shape index (κ2) is 4.58. The van der Waals surface area contributed by atoms with Crippen molar-refractivity contribution in [2.24, 2.45) is 0 Å². The van der Waals surface area contributed by atoms with Crippen molar-refractivity contribution in [2.45, 2.75) is 56.7 Å². The van der Waals surface area contributed by atoms with Crippen LogP contribution in [-0.4, -0.2) is 15.2 Å². The molecule has 1 aromatic heterocycles. The minimum atomic E-state index is 0.648. The topological polar surface area (TPSA) is 37.8 Å². The molecule has 2 heterocycles. The van der Waals surface area contributed by atoms with Crippen molar-refractivity contribution in [1.82, 2.24) is 15.3 Å². The first-order valence-electron chi connectivity index (χ1n) is 6.45. The van der Waals surface area contributed by atoms with Crippen molar-refractivity contribution in [2.75, 3.05) is 0 Å². The molecule has 3 nitrogen and oxygen atoms in total. The first-order valence-corrected chi connectivity index (χ1v) is 7.50. The number of fused-ring (bicyclic) bond motifs is 1. The van der Waals surface area contributed by atoms with Gasteiger partial charge in [-0.1, -0.05) is 13.8 Å². The van der Waals surface area contributed by atoms with E-state index in [-0.39, 0.29) is 0 Å². The van der Waals surface area contributed by atoms with Gasteiger partial charge in [0.2, 0.25) is 0 Å². The van der Waals surface area contributed by atoms with Crippen LogP contribution in [0.4, 0.5) is 0 Å². The summed E-state index contributed by atoms with van der Waals surface area (Å²) in [7, 11) is 0. The van der Waals surface area contributed by atoms with Gasteiger partial charge in [0.15, 0.2) is 0 Å². The van der Waals surface area contributed by atoms with E-state index in [1.165, 1.54) is 29.8 Å². The van der Waals surface area contributed by atoms with Gasteiger partial charge in [-0.3, -0.25) is 0 Å². The lowest BCUT2D eigenvalue weighted by atomic mass is 10.1. The van der Waals surface area contributed by atoms with Crippen molar-refractivity contribution in [3.05, 3.63) is 22.8 Å². The highest BCUT2D eigenvalue weighted by molar-refractivity contribution is 7.99. The summed E-state index contributed by atoms with van der Waals surface area (Å²) in [5, 5.41) is 4.04. The van der Waals surface area contributed by atoms with Crippen LogP contribution in [0.2, 0.25) is 0 Å². The van der Waals surface area contributed by atoms with Crippen LogP contribution in [0.3, 0.4) is 0 Å². The quantitative estimate of drug-likeness (QED) is 0.890. The zero-order valence-electron chi connectivity index (χ0n) is 10.5. The average Bonchev–Trinajstić information content (AvgIpc) is 3.03. The van der Waals surface area contributed by atoms with Crippen LogP contribution in [0, 0.1) is 0 Å². The molecule has 4 heteroatoms. The number of nitrogens with zero attached hydrogens (tertiary/aromatic N) is 2. The second-order valence-corrected chi connectivity index (χ2v) is 6.75. The molecule has 1 saturated carbocycles. The Hall–Kier alpha value is -0.610. The van der Waals surface area contributed by atoms with Gasteiger partial charge in [-0.05, 0) is 18.1 Å². The highest BCUT2D eigenvalue weighted by Gasteiger charge is 2.31. The SMILES string of the molecule is CC(C)SCc1nc2c(c(C3CC3)n1)CNC2. The van der Waals surface area contributed by atoms with Gasteiger partial charge in [-0.2, -0.15) is 11.8 Å². The van der Waals surface area contributed by atoms with Crippen molar-refractivity contribution in [1.29, 1.82) is 0 Å². The normalized spacial score (nSPS) is 18.8. The largest absolute Gasteiger partial charge is 0.307 e. The fourth-order valence-corrected chi connectivity index (χ4v) is 2.86. The number of thioether (sulfide) groups is 1. The van der Waals surface area contributed by atoms with E-state index in [2.05, 4.69) is 19.2 Å². The van der Waals surface area contributed by atoms with E-state index >= 15 is 0 Å². The maximum absolute atomic E-state index is 4.81. The van der Waals surface area contributed by atoms with Crippen LogP contribution in [0.1, 0.15) is 55.4 Å². The summed E-state index contributed by atoms with van der Waals surface area (Å²) in [4.78, 5) is 9.51. The minimum Gasteiger partial charge on any atom is -0.307 e. The summed E-state index contributed by atoms with van der Waals surface area (Å²) in [6.07, 6.45) is 2.64. The minimum absolute atomic E-state index is 0.648. The first kappa shape index (κ1) is 11.5. The molecule has 1 N–H and O–H groups in total. The van der Waals surface area contributed by atoms with E-state index in [1.807, 2.05) is 11.8 Å². The molecular formula is C13H19N3S. The molecule has 1 fully saturated rings. The number of nitrogens with one attached hydrogen (secondary N) is 1. The van der Waals surface area contributed by atoms with E-state index in [9.17, 15) is 0 Å². The van der Waals surface area contributed by atoms with E-state index in [1.54, 1.807) is 0 Å². The molecule has 0 amide bonds. The van der Waals surface area contributed by atoms with Crippen LogP contribution in [-0.2, 0) is 18.8 Å². The summed E-state index contributed by atoms with van der Waals surface area (Å²) < 4.78 is 0. The van der Waals surface area contributed by atoms with Crippen molar-refractivity contribution in [3.8, 4) is 0 Å². The molecular weight excluding hydrogens is 230 g/mol. The van der Waals surface area contributed by atoms with Crippen LogP contribution in [0.25, 0.3) is 0 Å². The Morgan fingerprint density at radius 2 is 2.12 bits per heavy atom. The number of hydrogen-bond donors (Lipinski definition) is 1. The Morgan fingerprint density at radius 3 is 2.82 bits per heavy atom. The third kappa shape index (κ3) is 2.47. The Kier molecular flexibility index (Phi) is 3.09. The Bertz CT molecular complexity index is 427. The summed E-state index contributed by atoms with van der Waals surface area (Å²) in [6.45, 7) is 6.35. The third-order valence-electron chi connectivity index (χ3n) is 3.28. The molecule has 0 aromatic carbocycles. The van der Waals surface area contributed by atoms with E-state index in [4.69, 9.17) is 9.97 Å². The number of rotatable bonds is 4. The molecule has 1 aromatic rings. The van der Waals surface area contributed by atoms with Crippen molar-refractivity contribution in [3.63, 3.8) is 0 Å². The predicted octanol–water partition coefficient (Wildman–Crippen LogP) is 2.60. The molecule has 2 aliphatic rings. The van der Waals surface area contributed by atoms with Gasteiger partial charge in [0.1, 0.15) is 5.82 Å². The van der Waals surface area contributed by atoms with E-state index < -0.39 is 0 Å². The molecule has 0 spiro atoms. The van der Waals surface area contributed by atoms with Crippen LogP contribution in [0.5, 0.6) is 0 Å². The summed E-state index contributed by atoms with van der Waals surface area (Å²) in [5.41, 5.74) is 3.99. The predicted molar refractivity (Wildman–Crippen MR) is 71.0 cm³/mol. The van der Waals surface area contributed by atoms with E-state index in [0.29, 0.717) is 5.25 Å². The maximum atomic E-state index is 4.81. The van der Waals surface area contributed by atoms with Gasteiger partial charge in [-0.25, -0.2) is 9.97 Å².